The van der Waals surface area contributed by atoms with Crippen LogP contribution in [0.15, 0.2) is 18.5 Å². The van der Waals surface area contributed by atoms with Gasteiger partial charge in [-0.25, -0.2) is 0 Å². The molecule has 0 saturated carbocycles. The fourth-order valence-corrected chi connectivity index (χ4v) is 1.74. The zero-order valence-corrected chi connectivity index (χ0v) is 10.4. The second-order valence-corrected chi connectivity index (χ2v) is 3.73. The Bertz CT molecular complexity index is 415. The van der Waals surface area contributed by atoms with Gasteiger partial charge in [0.1, 0.15) is 5.92 Å². The van der Waals surface area contributed by atoms with E-state index in [-0.39, 0.29) is 5.78 Å². The molecule has 1 aromatic rings. The van der Waals surface area contributed by atoms with Crippen molar-refractivity contribution in [3.8, 4) is 0 Å². The molecule has 17 heavy (non-hydrogen) atoms. The number of hydrogen-bond donors (Lipinski definition) is 0. The van der Waals surface area contributed by atoms with Crippen molar-refractivity contribution < 1.29 is 14.3 Å². The highest BCUT2D eigenvalue weighted by molar-refractivity contribution is 6.09. The molecule has 0 saturated heterocycles. The van der Waals surface area contributed by atoms with Crippen molar-refractivity contribution in [3.63, 3.8) is 0 Å². The number of carbonyl (C=O) groups is 2. The maximum atomic E-state index is 12.2. The van der Waals surface area contributed by atoms with Gasteiger partial charge in [-0.3, -0.25) is 14.6 Å². The first-order valence-electron chi connectivity index (χ1n) is 5.70. The van der Waals surface area contributed by atoms with E-state index in [2.05, 4.69) is 9.72 Å². The average molecular weight is 235 g/mol. The molecule has 0 spiro atoms. The number of nitrogens with zero attached hydrogens (tertiary/aromatic N) is 1. The highest BCUT2D eigenvalue weighted by Gasteiger charge is 2.27. The van der Waals surface area contributed by atoms with E-state index in [4.69, 9.17) is 0 Å². The number of ether oxygens (including phenoxy) is 1. The number of esters is 1. The summed E-state index contributed by atoms with van der Waals surface area (Å²) >= 11 is 0. The lowest BCUT2D eigenvalue weighted by Crippen LogP contribution is -2.25. The number of hydrogen-bond acceptors (Lipinski definition) is 4. The first kappa shape index (κ1) is 13.4. The second kappa shape index (κ2) is 6.13. The Morgan fingerprint density at radius 2 is 2.12 bits per heavy atom. The van der Waals surface area contributed by atoms with Crippen LogP contribution in [0.1, 0.15) is 36.2 Å². The van der Waals surface area contributed by atoms with Crippen LogP contribution in [0.5, 0.6) is 0 Å². The lowest BCUT2D eigenvalue weighted by Gasteiger charge is -2.13. The second-order valence-electron chi connectivity index (χ2n) is 3.73. The minimum absolute atomic E-state index is 0.182. The molecular weight excluding hydrogens is 218 g/mol. The van der Waals surface area contributed by atoms with E-state index >= 15 is 0 Å². The van der Waals surface area contributed by atoms with Crippen LogP contribution in [0.3, 0.4) is 0 Å². The zero-order valence-electron chi connectivity index (χ0n) is 10.4. The molecular formula is C13H17NO3. The molecule has 0 aromatic carbocycles. The molecule has 4 nitrogen and oxygen atoms in total. The summed E-state index contributed by atoms with van der Waals surface area (Å²) < 4.78 is 4.64. The number of pyridine rings is 1. The van der Waals surface area contributed by atoms with Gasteiger partial charge in [0, 0.05) is 18.0 Å². The van der Waals surface area contributed by atoms with Gasteiger partial charge in [-0.15, -0.1) is 0 Å². The summed E-state index contributed by atoms with van der Waals surface area (Å²) in [6.45, 7) is 3.75. The highest BCUT2D eigenvalue weighted by atomic mass is 16.5. The van der Waals surface area contributed by atoms with Gasteiger partial charge in [0.15, 0.2) is 5.78 Å². The van der Waals surface area contributed by atoms with Crippen molar-refractivity contribution in [3.05, 3.63) is 29.6 Å². The first-order chi connectivity index (χ1) is 8.15. The minimum Gasteiger partial charge on any atom is -0.468 e. The number of ketones is 1. The Balaban J connectivity index is 3.06. The molecule has 0 aliphatic rings. The smallest absolute Gasteiger partial charge is 0.316 e. The van der Waals surface area contributed by atoms with Gasteiger partial charge in [-0.05, 0) is 24.5 Å². The largest absolute Gasteiger partial charge is 0.468 e. The molecule has 1 unspecified atom stereocenters. The van der Waals surface area contributed by atoms with Crippen LogP contribution in [0.25, 0.3) is 0 Å². The standard InChI is InChI=1S/C13H17NO3/c1-4-9-8-14-7-6-11(9)12(15)10(5-2)13(16)17-3/h6-8,10H,4-5H2,1-3H3. The quantitative estimate of drug-likeness (QED) is 0.445. The summed E-state index contributed by atoms with van der Waals surface area (Å²) in [5.74, 6) is -1.37. The van der Waals surface area contributed by atoms with E-state index in [1.165, 1.54) is 7.11 Å². The third-order valence-corrected chi connectivity index (χ3v) is 2.76. The third-order valence-electron chi connectivity index (χ3n) is 2.76. The fourth-order valence-electron chi connectivity index (χ4n) is 1.74. The Labute approximate surface area is 101 Å². The molecule has 92 valence electrons. The molecule has 1 heterocycles. The average Bonchev–Trinajstić information content (AvgIpc) is 2.38. The number of rotatable bonds is 5. The summed E-state index contributed by atoms with van der Waals surface area (Å²) in [6, 6.07) is 1.66. The Morgan fingerprint density at radius 1 is 1.41 bits per heavy atom. The van der Waals surface area contributed by atoms with Crippen molar-refractivity contribution in [1.82, 2.24) is 4.98 Å². The van der Waals surface area contributed by atoms with Gasteiger partial charge in [-0.1, -0.05) is 13.8 Å². The predicted octanol–water partition coefficient (Wildman–Crippen LogP) is 2.03. The summed E-state index contributed by atoms with van der Waals surface area (Å²) in [7, 11) is 1.30. The molecule has 0 N–H and O–H groups in total. The Morgan fingerprint density at radius 3 is 2.65 bits per heavy atom. The van der Waals surface area contributed by atoms with Gasteiger partial charge in [0.2, 0.25) is 0 Å². The summed E-state index contributed by atoms with van der Waals surface area (Å²) in [5.41, 5.74) is 1.43. The molecule has 1 aromatic heterocycles. The Kier molecular flexibility index (Phi) is 4.82. The van der Waals surface area contributed by atoms with Crippen molar-refractivity contribution in [2.75, 3.05) is 7.11 Å². The van der Waals surface area contributed by atoms with E-state index in [0.29, 0.717) is 18.4 Å². The van der Waals surface area contributed by atoms with Crippen LogP contribution in [0, 0.1) is 5.92 Å². The van der Waals surface area contributed by atoms with E-state index in [9.17, 15) is 9.59 Å². The molecule has 0 fully saturated rings. The summed E-state index contributed by atoms with van der Waals surface area (Å²) in [5, 5.41) is 0. The van der Waals surface area contributed by atoms with Crippen LogP contribution < -0.4 is 0 Å². The summed E-state index contributed by atoms with van der Waals surface area (Å²) in [4.78, 5) is 27.7. The predicted molar refractivity (Wildman–Crippen MR) is 63.7 cm³/mol. The maximum absolute atomic E-state index is 12.2. The maximum Gasteiger partial charge on any atom is 0.316 e. The van der Waals surface area contributed by atoms with Gasteiger partial charge >= 0.3 is 5.97 Å². The lowest BCUT2D eigenvalue weighted by atomic mass is 9.92. The van der Waals surface area contributed by atoms with E-state index in [0.717, 1.165) is 5.56 Å². The van der Waals surface area contributed by atoms with Crippen LogP contribution >= 0.6 is 0 Å². The van der Waals surface area contributed by atoms with E-state index < -0.39 is 11.9 Å². The highest BCUT2D eigenvalue weighted by Crippen LogP contribution is 2.17. The topological polar surface area (TPSA) is 56.3 Å². The lowest BCUT2D eigenvalue weighted by molar-refractivity contribution is -0.143. The molecule has 1 atom stereocenters. The van der Waals surface area contributed by atoms with Gasteiger partial charge in [-0.2, -0.15) is 0 Å². The molecule has 1 rings (SSSR count). The minimum atomic E-state index is -0.715. The van der Waals surface area contributed by atoms with Gasteiger partial charge in [0.25, 0.3) is 0 Å². The number of methoxy groups -OCH3 is 1. The van der Waals surface area contributed by atoms with E-state index in [1.807, 2.05) is 6.92 Å². The fraction of sp³-hybridized carbons (Fsp3) is 0.462. The van der Waals surface area contributed by atoms with Crippen molar-refractivity contribution >= 4 is 11.8 Å². The molecule has 0 aliphatic carbocycles. The number of aryl methyl sites for hydroxylation is 1. The Hall–Kier alpha value is -1.71. The number of Topliss-reactive ketones (excluding diaryl/α,β-unsaturated/α-hetero) is 1. The van der Waals surface area contributed by atoms with Crippen LogP contribution in [0.4, 0.5) is 0 Å². The molecule has 0 bridgehead atoms. The third kappa shape index (κ3) is 2.90. The van der Waals surface area contributed by atoms with Crippen LogP contribution in [-0.4, -0.2) is 23.8 Å². The monoisotopic (exact) mass is 235 g/mol. The SMILES string of the molecule is CCc1cnccc1C(=O)C(CC)C(=O)OC. The number of aromatic nitrogens is 1. The molecule has 4 heteroatoms. The van der Waals surface area contributed by atoms with Crippen LogP contribution in [-0.2, 0) is 16.0 Å². The molecule has 0 radical (unpaired) electrons. The van der Waals surface area contributed by atoms with Gasteiger partial charge < -0.3 is 4.74 Å². The number of carbonyl (C=O) groups excluding carboxylic acids is 2. The van der Waals surface area contributed by atoms with E-state index in [1.54, 1.807) is 25.4 Å². The summed E-state index contributed by atoms with van der Waals surface area (Å²) in [6.07, 6.45) is 4.39. The van der Waals surface area contributed by atoms with Gasteiger partial charge in [0.05, 0.1) is 7.11 Å². The van der Waals surface area contributed by atoms with Crippen LogP contribution in [0.2, 0.25) is 0 Å². The molecule has 0 amide bonds. The van der Waals surface area contributed by atoms with Crippen molar-refractivity contribution in [2.24, 2.45) is 5.92 Å². The van der Waals surface area contributed by atoms with Crippen molar-refractivity contribution in [1.29, 1.82) is 0 Å². The zero-order chi connectivity index (χ0) is 12.8. The normalized spacial score (nSPS) is 11.9. The molecule has 0 aliphatic heterocycles. The van der Waals surface area contributed by atoms with Crippen molar-refractivity contribution in [2.45, 2.75) is 26.7 Å². The first-order valence-corrected chi connectivity index (χ1v) is 5.70.